The molecule has 0 saturated carbocycles. The van der Waals surface area contributed by atoms with Gasteiger partial charge >= 0.3 is 0 Å². The van der Waals surface area contributed by atoms with Gasteiger partial charge in [0.1, 0.15) is 5.82 Å². The van der Waals surface area contributed by atoms with Gasteiger partial charge in [0.15, 0.2) is 0 Å². The molecule has 1 aromatic heterocycles. The number of carbonyl (C=O) groups is 1. The SMILES string of the molecule is O=C(Cc1ccc(F)c(Cl)c1)N1CC[C@@H](c2ccn[nH]2)C1. The van der Waals surface area contributed by atoms with Crippen molar-refractivity contribution in [2.75, 3.05) is 13.1 Å². The third kappa shape index (κ3) is 3.08. The minimum absolute atomic E-state index is 0.0414. The number of aromatic amines is 1. The summed E-state index contributed by atoms with van der Waals surface area (Å²) in [6.07, 6.45) is 2.90. The molecule has 3 rings (SSSR count). The van der Waals surface area contributed by atoms with Gasteiger partial charge in [-0.05, 0) is 30.2 Å². The van der Waals surface area contributed by atoms with Crippen LogP contribution in [0.15, 0.2) is 30.5 Å². The lowest BCUT2D eigenvalue weighted by atomic mass is 10.1. The molecular weight excluding hydrogens is 293 g/mol. The van der Waals surface area contributed by atoms with E-state index >= 15 is 0 Å². The molecule has 4 nitrogen and oxygen atoms in total. The van der Waals surface area contributed by atoms with Gasteiger partial charge in [0, 0.05) is 30.9 Å². The number of H-pyrrole nitrogens is 1. The molecule has 1 amide bonds. The maximum Gasteiger partial charge on any atom is 0.227 e. The number of aromatic nitrogens is 2. The van der Waals surface area contributed by atoms with E-state index in [1.54, 1.807) is 12.3 Å². The second-order valence-corrected chi connectivity index (χ2v) is 5.67. The number of hydrogen-bond donors (Lipinski definition) is 1. The Hall–Kier alpha value is -1.88. The summed E-state index contributed by atoms with van der Waals surface area (Å²) in [5.74, 6) is -0.110. The smallest absolute Gasteiger partial charge is 0.227 e. The van der Waals surface area contributed by atoms with Crippen LogP contribution in [0.25, 0.3) is 0 Å². The van der Waals surface area contributed by atoms with E-state index in [0.717, 1.165) is 24.2 Å². The zero-order chi connectivity index (χ0) is 14.8. The molecule has 0 bridgehead atoms. The Kier molecular flexibility index (Phi) is 3.92. The maximum atomic E-state index is 13.1. The van der Waals surface area contributed by atoms with Crippen LogP contribution in [0.4, 0.5) is 4.39 Å². The molecule has 21 heavy (non-hydrogen) atoms. The van der Waals surface area contributed by atoms with Crippen molar-refractivity contribution in [3.05, 3.63) is 52.6 Å². The number of nitrogens with one attached hydrogen (secondary N) is 1. The van der Waals surface area contributed by atoms with Crippen molar-refractivity contribution >= 4 is 17.5 Å². The highest BCUT2D eigenvalue weighted by Gasteiger charge is 2.28. The number of carbonyl (C=O) groups excluding carboxylic acids is 1. The zero-order valence-corrected chi connectivity index (χ0v) is 12.1. The van der Waals surface area contributed by atoms with E-state index in [1.165, 1.54) is 12.1 Å². The summed E-state index contributed by atoms with van der Waals surface area (Å²) in [7, 11) is 0. The maximum absolute atomic E-state index is 13.1. The molecule has 2 heterocycles. The third-order valence-electron chi connectivity index (χ3n) is 3.84. The zero-order valence-electron chi connectivity index (χ0n) is 11.4. The van der Waals surface area contributed by atoms with Crippen molar-refractivity contribution in [2.45, 2.75) is 18.8 Å². The van der Waals surface area contributed by atoms with Crippen molar-refractivity contribution in [1.82, 2.24) is 15.1 Å². The van der Waals surface area contributed by atoms with Crippen LogP contribution < -0.4 is 0 Å². The molecule has 1 fully saturated rings. The molecule has 2 aromatic rings. The molecule has 1 aliphatic heterocycles. The van der Waals surface area contributed by atoms with Gasteiger partial charge in [0.05, 0.1) is 11.4 Å². The van der Waals surface area contributed by atoms with E-state index in [9.17, 15) is 9.18 Å². The monoisotopic (exact) mass is 307 g/mol. The van der Waals surface area contributed by atoms with Crippen molar-refractivity contribution < 1.29 is 9.18 Å². The molecule has 0 spiro atoms. The minimum atomic E-state index is -0.464. The summed E-state index contributed by atoms with van der Waals surface area (Å²) in [4.78, 5) is 14.1. The van der Waals surface area contributed by atoms with Crippen molar-refractivity contribution in [2.24, 2.45) is 0 Å². The molecule has 1 N–H and O–H groups in total. The lowest BCUT2D eigenvalue weighted by molar-refractivity contribution is -0.129. The van der Waals surface area contributed by atoms with Gasteiger partial charge in [-0.1, -0.05) is 17.7 Å². The molecule has 1 aromatic carbocycles. The fourth-order valence-corrected chi connectivity index (χ4v) is 2.87. The van der Waals surface area contributed by atoms with Gasteiger partial charge in [-0.2, -0.15) is 5.10 Å². The molecule has 1 aliphatic rings. The lowest BCUT2D eigenvalue weighted by Crippen LogP contribution is -2.29. The van der Waals surface area contributed by atoms with Crippen molar-refractivity contribution in [3.8, 4) is 0 Å². The molecule has 0 unspecified atom stereocenters. The Morgan fingerprint density at radius 1 is 1.48 bits per heavy atom. The van der Waals surface area contributed by atoms with Gasteiger partial charge in [-0.15, -0.1) is 0 Å². The van der Waals surface area contributed by atoms with Gasteiger partial charge in [-0.3, -0.25) is 9.89 Å². The summed E-state index contributed by atoms with van der Waals surface area (Å²) in [5.41, 5.74) is 1.80. The van der Waals surface area contributed by atoms with E-state index < -0.39 is 5.82 Å². The summed E-state index contributed by atoms with van der Waals surface area (Å²) in [6, 6.07) is 6.35. The fraction of sp³-hybridized carbons (Fsp3) is 0.333. The molecule has 6 heteroatoms. The van der Waals surface area contributed by atoms with Crippen LogP contribution in [0.1, 0.15) is 23.6 Å². The Balaban J connectivity index is 1.62. The van der Waals surface area contributed by atoms with E-state index in [2.05, 4.69) is 10.2 Å². The number of rotatable bonds is 3. The average molecular weight is 308 g/mol. The van der Waals surface area contributed by atoms with Gasteiger partial charge in [0.25, 0.3) is 0 Å². The summed E-state index contributed by atoms with van der Waals surface area (Å²) in [6.45, 7) is 1.42. The summed E-state index contributed by atoms with van der Waals surface area (Å²) < 4.78 is 13.1. The Labute approximate surface area is 126 Å². The Morgan fingerprint density at radius 3 is 3.05 bits per heavy atom. The van der Waals surface area contributed by atoms with E-state index in [0.29, 0.717) is 12.5 Å². The van der Waals surface area contributed by atoms with E-state index in [4.69, 9.17) is 11.6 Å². The minimum Gasteiger partial charge on any atom is -0.342 e. The third-order valence-corrected chi connectivity index (χ3v) is 4.13. The number of likely N-dealkylation sites (tertiary alicyclic amines) is 1. The van der Waals surface area contributed by atoms with Crippen molar-refractivity contribution in [3.63, 3.8) is 0 Å². The van der Waals surface area contributed by atoms with E-state index in [1.807, 2.05) is 11.0 Å². The Morgan fingerprint density at radius 2 is 2.33 bits per heavy atom. The normalized spacial score (nSPS) is 18.2. The number of nitrogens with zero attached hydrogens (tertiary/aromatic N) is 2. The van der Waals surface area contributed by atoms with Crippen LogP contribution in [0.5, 0.6) is 0 Å². The predicted molar refractivity (Wildman–Crippen MR) is 77.6 cm³/mol. The second kappa shape index (κ2) is 5.85. The first-order valence-electron chi connectivity index (χ1n) is 6.84. The van der Waals surface area contributed by atoms with Gasteiger partial charge in [0.2, 0.25) is 5.91 Å². The van der Waals surface area contributed by atoms with Crippen molar-refractivity contribution in [1.29, 1.82) is 0 Å². The Bertz CT molecular complexity index is 644. The molecule has 0 aliphatic carbocycles. The first-order chi connectivity index (χ1) is 10.1. The molecule has 0 radical (unpaired) electrons. The first-order valence-corrected chi connectivity index (χ1v) is 7.22. The standard InChI is InChI=1S/C15H15ClFN3O/c16-12-7-10(1-2-13(12)17)8-15(21)20-6-4-11(9-20)14-3-5-18-19-14/h1-3,5,7,11H,4,6,8-9H2,(H,18,19)/t11-/m1/s1. The largest absolute Gasteiger partial charge is 0.342 e. The lowest BCUT2D eigenvalue weighted by Gasteiger charge is -2.16. The van der Waals surface area contributed by atoms with Gasteiger partial charge < -0.3 is 4.90 Å². The summed E-state index contributed by atoms with van der Waals surface area (Å²) in [5, 5.41) is 6.95. The van der Waals surface area contributed by atoms with Gasteiger partial charge in [-0.25, -0.2) is 4.39 Å². The number of amides is 1. The molecule has 1 saturated heterocycles. The van der Waals surface area contributed by atoms with Crippen LogP contribution in [-0.4, -0.2) is 34.1 Å². The highest BCUT2D eigenvalue weighted by Crippen LogP contribution is 2.26. The number of hydrogen-bond acceptors (Lipinski definition) is 2. The molecule has 1 atom stereocenters. The van der Waals surface area contributed by atoms with Crippen LogP contribution in [0, 0.1) is 5.82 Å². The van der Waals surface area contributed by atoms with E-state index in [-0.39, 0.29) is 17.4 Å². The highest BCUT2D eigenvalue weighted by atomic mass is 35.5. The second-order valence-electron chi connectivity index (χ2n) is 5.26. The predicted octanol–water partition coefficient (Wildman–Crippen LogP) is 2.76. The summed E-state index contributed by atoms with van der Waals surface area (Å²) >= 11 is 5.74. The first kappa shape index (κ1) is 14.1. The van der Waals surface area contributed by atoms with Crippen LogP contribution >= 0.6 is 11.6 Å². The van der Waals surface area contributed by atoms with Crippen LogP contribution in [-0.2, 0) is 11.2 Å². The van der Waals surface area contributed by atoms with Crippen LogP contribution in [0.3, 0.4) is 0 Å². The number of halogens is 2. The average Bonchev–Trinajstić information content (AvgIpc) is 3.12. The highest BCUT2D eigenvalue weighted by molar-refractivity contribution is 6.30. The molecule has 110 valence electrons. The molecular formula is C15H15ClFN3O. The number of benzene rings is 1. The van der Waals surface area contributed by atoms with Crippen LogP contribution in [0.2, 0.25) is 5.02 Å². The quantitative estimate of drug-likeness (QED) is 0.948. The topological polar surface area (TPSA) is 49.0 Å². The fourth-order valence-electron chi connectivity index (χ4n) is 2.67.